The maximum atomic E-state index is 6.44. The minimum Gasteiger partial charge on any atom is -0.494 e. The second-order valence-electron chi connectivity index (χ2n) is 8.68. The lowest BCUT2D eigenvalue weighted by Crippen LogP contribution is -2.37. The van der Waals surface area contributed by atoms with E-state index in [9.17, 15) is 0 Å². The van der Waals surface area contributed by atoms with Crippen molar-refractivity contribution in [2.45, 2.75) is 57.6 Å². The number of hydrogen-bond acceptors (Lipinski definition) is 5. The lowest BCUT2D eigenvalue weighted by atomic mass is 10.0. The molecule has 6 nitrogen and oxygen atoms in total. The fourth-order valence-electron chi connectivity index (χ4n) is 3.96. The summed E-state index contributed by atoms with van der Waals surface area (Å²) in [6.45, 7) is 4.99. The zero-order valence-corrected chi connectivity index (χ0v) is 20.5. The van der Waals surface area contributed by atoms with E-state index in [-0.39, 0.29) is 6.10 Å². The highest BCUT2D eigenvalue weighted by Crippen LogP contribution is 2.31. The molecule has 0 N–H and O–H groups in total. The van der Waals surface area contributed by atoms with Crippen LogP contribution < -0.4 is 4.74 Å². The van der Waals surface area contributed by atoms with E-state index < -0.39 is 5.79 Å². The summed E-state index contributed by atoms with van der Waals surface area (Å²) in [5.74, 6) is 0.181. The van der Waals surface area contributed by atoms with Gasteiger partial charge in [-0.2, -0.15) is 0 Å². The molecule has 2 atom stereocenters. The Kier molecular flexibility index (Phi) is 8.99. The van der Waals surface area contributed by atoms with Crippen LogP contribution in [-0.2, 0) is 33.8 Å². The first-order valence-electron chi connectivity index (χ1n) is 12.0. The summed E-state index contributed by atoms with van der Waals surface area (Å²) >= 11 is 6.03. The summed E-state index contributed by atoms with van der Waals surface area (Å²) in [6, 6.07) is 16.0. The number of imidazole rings is 1. The molecule has 4 rings (SSSR count). The van der Waals surface area contributed by atoms with Crippen LogP contribution in [0.3, 0.4) is 0 Å². The van der Waals surface area contributed by atoms with Gasteiger partial charge >= 0.3 is 0 Å². The van der Waals surface area contributed by atoms with E-state index in [0.717, 1.165) is 48.6 Å². The van der Waals surface area contributed by atoms with E-state index >= 15 is 0 Å². The van der Waals surface area contributed by atoms with E-state index in [1.165, 1.54) is 5.56 Å². The van der Waals surface area contributed by atoms with Gasteiger partial charge in [0.15, 0.2) is 5.79 Å². The van der Waals surface area contributed by atoms with Crippen LogP contribution in [0.2, 0.25) is 5.02 Å². The van der Waals surface area contributed by atoms with E-state index in [1.807, 2.05) is 59.3 Å². The molecule has 34 heavy (non-hydrogen) atoms. The highest BCUT2D eigenvalue weighted by Gasteiger charge is 2.41. The molecular weight excluding hydrogens is 452 g/mol. The second kappa shape index (κ2) is 12.4. The first kappa shape index (κ1) is 24.7. The lowest BCUT2D eigenvalue weighted by Gasteiger charge is -2.28. The molecule has 1 aromatic heterocycles. The maximum Gasteiger partial charge on any atom is 0.187 e. The number of hydrogen-bond donors (Lipinski definition) is 0. The van der Waals surface area contributed by atoms with Gasteiger partial charge in [-0.3, -0.25) is 0 Å². The van der Waals surface area contributed by atoms with Crippen molar-refractivity contribution < 1.29 is 18.9 Å². The number of benzene rings is 2. The molecule has 0 amide bonds. The van der Waals surface area contributed by atoms with Crippen LogP contribution >= 0.6 is 11.6 Å². The molecule has 1 saturated heterocycles. The Morgan fingerprint density at radius 1 is 1.12 bits per heavy atom. The van der Waals surface area contributed by atoms with Crippen molar-refractivity contribution in [2.24, 2.45) is 0 Å². The Balaban J connectivity index is 1.28. The largest absolute Gasteiger partial charge is 0.494 e. The topological polar surface area (TPSA) is 54.7 Å². The zero-order chi connectivity index (χ0) is 23.6. The minimum absolute atomic E-state index is 0.120. The highest BCUT2D eigenvalue weighted by molar-refractivity contribution is 6.30. The Labute approximate surface area is 206 Å². The molecule has 3 aromatic rings. The van der Waals surface area contributed by atoms with Gasteiger partial charge in [0.25, 0.3) is 0 Å². The van der Waals surface area contributed by atoms with Gasteiger partial charge in [0.1, 0.15) is 11.9 Å². The third kappa shape index (κ3) is 7.31. The number of nitrogens with zero attached hydrogens (tertiary/aromatic N) is 2. The van der Waals surface area contributed by atoms with Gasteiger partial charge in [-0.15, -0.1) is 0 Å². The third-order valence-electron chi connectivity index (χ3n) is 5.87. The van der Waals surface area contributed by atoms with E-state index in [0.29, 0.717) is 26.4 Å². The molecule has 0 saturated carbocycles. The quantitative estimate of drug-likeness (QED) is 0.292. The first-order valence-corrected chi connectivity index (χ1v) is 12.3. The van der Waals surface area contributed by atoms with Crippen molar-refractivity contribution in [3.63, 3.8) is 0 Å². The second-order valence-corrected chi connectivity index (χ2v) is 9.12. The van der Waals surface area contributed by atoms with Gasteiger partial charge in [0, 0.05) is 23.8 Å². The number of rotatable bonds is 13. The lowest BCUT2D eigenvalue weighted by molar-refractivity contribution is -0.187. The van der Waals surface area contributed by atoms with E-state index in [2.05, 4.69) is 11.9 Å². The van der Waals surface area contributed by atoms with Crippen molar-refractivity contribution in [1.82, 2.24) is 9.55 Å². The van der Waals surface area contributed by atoms with Crippen molar-refractivity contribution in [3.05, 3.63) is 83.4 Å². The Bertz CT molecular complexity index is 979. The maximum absolute atomic E-state index is 6.44. The zero-order valence-electron chi connectivity index (χ0n) is 19.7. The van der Waals surface area contributed by atoms with Crippen LogP contribution in [-0.4, -0.2) is 41.3 Å². The SMILES string of the molecule is CCCCOc1ccc(COCC2COC(CCc3ccc(Cl)cc3)(Cn3ccnc3)O2)cc1. The van der Waals surface area contributed by atoms with E-state index in [4.69, 9.17) is 30.5 Å². The number of aromatic nitrogens is 2. The molecule has 2 heterocycles. The van der Waals surface area contributed by atoms with Crippen LogP contribution in [0.1, 0.15) is 37.3 Å². The molecule has 0 bridgehead atoms. The standard InChI is InChI=1S/C27H33ClN2O4/c1-2-3-16-32-25-10-6-23(7-11-25)17-31-18-26-19-33-27(34-26,20-30-15-14-29-21-30)13-12-22-4-8-24(28)9-5-22/h4-11,14-15,21,26H,2-3,12-13,16-20H2,1H3. The van der Waals surface area contributed by atoms with Gasteiger partial charge in [-0.05, 0) is 48.2 Å². The number of unbranched alkanes of at least 4 members (excludes halogenated alkanes) is 1. The van der Waals surface area contributed by atoms with Gasteiger partial charge < -0.3 is 23.5 Å². The summed E-state index contributed by atoms with van der Waals surface area (Å²) in [5, 5.41) is 0.737. The van der Waals surface area contributed by atoms with Crippen LogP contribution in [0.4, 0.5) is 0 Å². The predicted octanol–water partition coefficient (Wildman–Crippen LogP) is 5.68. The van der Waals surface area contributed by atoms with Crippen molar-refractivity contribution >= 4 is 11.6 Å². The highest BCUT2D eigenvalue weighted by atomic mass is 35.5. The van der Waals surface area contributed by atoms with E-state index in [1.54, 1.807) is 12.5 Å². The van der Waals surface area contributed by atoms with Crippen LogP contribution in [0.15, 0.2) is 67.3 Å². The van der Waals surface area contributed by atoms with Crippen LogP contribution in [0.5, 0.6) is 5.75 Å². The molecule has 7 heteroatoms. The fraction of sp³-hybridized carbons (Fsp3) is 0.444. The molecule has 1 aliphatic rings. The first-order chi connectivity index (χ1) is 16.6. The Morgan fingerprint density at radius 2 is 1.91 bits per heavy atom. The van der Waals surface area contributed by atoms with Gasteiger partial charge in [0.2, 0.25) is 0 Å². The summed E-state index contributed by atoms with van der Waals surface area (Å²) < 4.78 is 26.4. The smallest absolute Gasteiger partial charge is 0.187 e. The normalized spacial score (nSPS) is 20.0. The molecule has 1 aliphatic heterocycles. The van der Waals surface area contributed by atoms with Crippen molar-refractivity contribution in [1.29, 1.82) is 0 Å². The Morgan fingerprint density at radius 3 is 2.65 bits per heavy atom. The minimum atomic E-state index is -0.716. The molecular formula is C27H33ClN2O4. The van der Waals surface area contributed by atoms with Crippen LogP contribution in [0.25, 0.3) is 0 Å². The molecule has 2 unspecified atom stereocenters. The average molecular weight is 485 g/mol. The van der Waals surface area contributed by atoms with Gasteiger partial charge in [-0.1, -0.05) is 49.2 Å². The fourth-order valence-corrected chi connectivity index (χ4v) is 4.09. The number of halogens is 1. The summed E-state index contributed by atoms with van der Waals surface area (Å²) in [7, 11) is 0. The monoisotopic (exact) mass is 484 g/mol. The molecule has 0 aliphatic carbocycles. The third-order valence-corrected chi connectivity index (χ3v) is 6.12. The molecule has 182 valence electrons. The summed E-state index contributed by atoms with van der Waals surface area (Å²) in [5.41, 5.74) is 2.30. The molecule has 0 radical (unpaired) electrons. The summed E-state index contributed by atoms with van der Waals surface area (Å²) in [4.78, 5) is 4.16. The molecule has 2 aromatic carbocycles. The number of ether oxygens (including phenoxy) is 4. The van der Waals surface area contributed by atoms with Crippen LogP contribution in [0, 0.1) is 0 Å². The molecule has 0 spiro atoms. The van der Waals surface area contributed by atoms with Gasteiger partial charge in [-0.25, -0.2) is 4.98 Å². The predicted molar refractivity (Wildman–Crippen MR) is 132 cm³/mol. The molecule has 1 fully saturated rings. The Hall–Kier alpha value is -2.38. The van der Waals surface area contributed by atoms with Gasteiger partial charge in [0.05, 0.1) is 39.3 Å². The van der Waals surface area contributed by atoms with Crippen molar-refractivity contribution in [3.8, 4) is 5.75 Å². The van der Waals surface area contributed by atoms with Crippen molar-refractivity contribution in [2.75, 3.05) is 19.8 Å². The number of aryl methyl sites for hydroxylation is 1. The average Bonchev–Trinajstić information content (AvgIpc) is 3.51. The summed E-state index contributed by atoms with van der Waals surface area (Å²) in [6.07, 6.45) is 9.11.